The molecule has 0 aromatic rings. The van der Waals surface area contributed by atoms with Crippen molar-refractivity contribution in [2.45, 2.75) is 82.7 Å². The lowest BCUT2D eigenvalue weighted by molar-refractivity contribution is -0.142. The van der Waals surface area contributed by atoms with Gasteiger partial charge >= 0.3 is 0 Å². The van der Waals surface area contributed by atoms with Crippen LogP contribution >= 0.6 is 0 Å². The van der Waals surface area contributed by atoms with Crippen LogP contribution in [-0.2, 0) is 0 Å². The zero-order chi connectivity index (χ0) is 14.0. The van der Waals surface area contributed by atoms with E-state index in [-0.39, 0.29) is 5.92 Å². The Labute approximate surface area is 110 Å². The molecule has 5 atom stereocenters. The van der Waals surface area contributed by atoms with Crippen molar-refractivity contribution in [3.63, 3.8) is 0 Å². The zero-order valence-electron chi connectivity index (χ0n) is 11.8. The van der Waals surface area contributed by atoms with Gasteiger partial charge < -0.3 is 20.4 Å². The largest absolute Gasteiger partial charge is 0.390 e. The normalized spacial score (nSPS) is 35.8. The molecule has 18 heavy (non-hydrogen) atoms. The van der Waals surface area contributed by atoms with Crippen LogP contribution in [0, 0.1) is 5.92 Å². The van der Waals surface area contributed by atoms with Gasteiger partial charge in [-0.3, -0.25) is 0 Å². The van der Waals surface area contributed by atoms with Crippen LogP contribution in [0.3, 0.4) is 0 Å². The third-order valence-electron chi connectivity index (χ3n) is 4.80. The summed E-state index contributed by atoms with van der Waals surface area (Å²) < 4.78 is 0. The second kappa shape index (κ2) is 5.87. The minimum Gasteiger partial charge on any atom is -0.390 e. The Kier molecular flexibility index (Phi) is 5.18. The molecule has 0 aromatic heterocycles. The maximum Gasteiger partial charge on any atom is 0.0902 e. The lowest BCUT2D eigenvalue weighted by atomic mass is 9.75. The molecular weight excluding hydrogens is 232 g/mol. The Morgan fingerprint density at radius 1 is 1.06 bits per heavy atom. The molecule has 1 fully saturated rings. The second-order valence-corrected chi connectivity index (χ2v) is 6.19. The summed E-state index contributed by atoms with van der Waals surface area (Å²) in [6.07, 6.45) is 2.65. The first kappa shape index (κ1) is 15.9. The molecule has 5 unspecified atom stereocenters. The lowest BCUT2D eigenvalue weighted by Gasteiger charge is -2.40. The van der Waals surface area contributed by atoms with E-state index in [2.05, 4.69) is 0 Å². The second-order valence-electron chi connectivity index (χ2n) is 6.19. The van der Waals surface area contributed by atoms with Crippen molar-refractivity contribution in [2.75, 3.05) is 0 Å². The van der Waals surface area contributed by atoms with E-state index < -0.39 is 23.4 Å². The van der Waals surface area contributed by atoms with E-state index in [4.69, 9.17) is 0 Å². The van der Waals surface area contributed by atoms with Crippen LogP contribution in [0.25, 0.3) is 0 Å². The number of aliphatic hydroxyl groups is 4. The van der Waals surface area contributed by atoms with Crippen LogP contribution in [0.4, 0.5) is 0 Å². The van der Waals surface area contributed by atoms with Crippen molar-refractivity contribution in [1.29, 1.82) is 0 Å². The van der Waals surface area contributed by atoms with Gasteiger partial charge in [-0.2, -0.15) is 0 Å². The minimum atomic E-state index is -1.16. The predicted molar refractivity (Wildman–Crippen MR) is 70.1 cm³/mol. The van der Waals surface area contributed by atoms with Crippen molar-refractivity contribution in [1.82, 2.24) is 0 Å². The topological polar surface area (TPSA) is 80.9 Å². The van der Waals surface area contributed by atoms with Crippen molar-refractivity contribution < 1.29 is 20.4 Å². The van der Waals surface area contributed by atoms with Crippen LogP contribution < -0.4 is 0 Å². The minimum absolute atomic E-state index is 0.0212. The van der Waals surface area contributed by atoms with E-state index in [1.54, 1.807) is 13.8 Å². The van der Waals surface area contributed by atoms with Gasteiger partial charge in [-0.1, -0.05) is 13.3 Å². The molecule has 0 spiro atoms. The Morgan fingerprint density at radius 2 is 1.67 bits per heavy atom. The molecule has 0 aliphatic heterocycles. The van der Waals surface area contributed by atoms with Crippen LogP contribution in [0.5, 0.6) is 0 Å². The summed E-state index contributed by atoms with van der Waals surface area (Å²) in [5.74, 6) is 0.0212. The van der Waals surface area contributed by atoms with Crippen molar-refractivity contribution >= 4 is 0 Å². The summed E-state index contributed by atoms with van der Waals surface area (Å²) in [5, 5.41) is 40.0. The number of hydrogen-bond donors (Lipinski definition) is 4. The molecule has 1 aliphatic carbocycles. The smallest absolute Gasteiger partial charge is 0.0902 e. The van der Waals surface area contributed by atoms with E-state index in [0.717, 1.165) is 12.8 Å². The summed E-state index contributed by atoms with van der Waals surface area (Å²) in [5.41, 5.74) is -2.28. The van der Waals surface area contributed by atoms with Gasteiger partial charge in [0.05, 0.1) is 23.4 Å². The average Bonchev–Trinajstić information content (AvgIpc) is 2.31. The summed E-state index contributed by atoms with van der Waals surface area (Å²) in [6, 6.07) is 0. The van der Waals surface area contributed by atoms with Crippen LogP contribution in [-0.4, -0.2) is 43.8 Å². The molecule has 1 saturated carbocycles. The van der Waals surface area contributed by atoms with Gasteiger partial charge in [-0.15, -0.1) is 0 Å². The molecule has 0 heterocycles. The molecule has 1 rings (SSSR count). The molecule has 0 radical (unpaired) electrons. The summed E-state index contributed by atoms with van der Waals surface area (Å²) in [6.45, 7) is 5.12. The van der Waals surface area contributed by atoms with Gasteiger partial charge in [0, 0.05) is 0 Å². The van der Waals surface area contributed by atoms with Gasteiger partial charge in [0.25, 0.3) is 0 Å². The number of hydrogen-bond acceptors (Lipinski definition) is 4. The molecule has 4 nitrogen and oxygen atoms in total. The fourth-order valence-electron chi connectivity index (χ4n) is 2.68. The van der Waals surface area contributed by atoms with E-state index >= 15 is 0 Å². The first-order chi connectivity index (χ1) is 8.21. The molecular formula is C14H28O4. The van der Waals surface area contributed by atoms with Crippen molar-refractivity contribution in [3.05, 3.63) is 0 Å². The van der Waals surface area contributed by atoms with E-state index in [1.165, 1.54) is 0 Å². The number of rotatable bonds is 5. The van der Waals surface area contributed by atoms with Gasteiger partial charge in [-0.05, 0) is 51.9 Å². The van der Waals surface area contributed by atoms with E-state index in [0.29, 0.717) is 25.7 Å². The molecule has 0 amide bonds. The quantitative estimate of drug-likeness (QED) is 0.599. The highest BCUT2D eigenvalue weighted by Gasteiger charge is 2.41. The fourth-order valence-corrected chi connectivity index (χ4v) is 2.68. The number of aliphatic hydroxyl groups excluding tert-OH is 2. The highest BCUT2D eigenvalue weighted by Crippen LogP contribution is 2.34. The molecule has 4 N–H and O–H groups in total. The Morgan fingerprint density at radius 3 is 2.22 bits per heavy atom. The molecule has 4 heteroatoms. The molecule has 0 saturated heterocycles. The van der Waals surface area contributed by atoms with Crippen molar-refractivity contribution in [2.24, 2.45) is 5.92 Å². The zero-order valence-corrected chi connectivity index (χ0v) is 11.8. The highest BCUT2D eigenvalue weighted by molar-refractivity contribution is 4.93. The van der Waals surface area contributed by atoms with Gasteiger partial charge in [0.2, 0.25) is 0 Å². The van der Waals surface area contributed by atoms with Crippen LogP contribution in [0.15, 0.2) is 0 Å². The summed E-state index contributed by atoms with van der Waals surface area (Å²) >= 11 is 0. The average molecular weight is 260 g/mol. The predicted octanol–water partition coefficient (Wildman–Crippen LogP) is 1.20. The van der Waals surface area contributed by atoms with E-state index in [1.807, 2.05) is 6.92 Å². The molecule has 108 valence electrons. The van der Waals surface area contributed by atoms with Crippen LogP contribution in [0.1, 0.15) is 59.3 Å². The first-order valence-electron chi connectivity index (χ1n) is 7.02. The Balaban J connectivity index is 2.54. The Bertz CT molecular complexity index is 263. The standard InChI is InChI=1S/C14H28O4/c1-4-13(2,17)14(3,18)9-8-10-6-5-7-11(15)12(10)16/h10-12,15-18H,4-9H2,1-3H3. The summed E-state index contributed by atoms with van der Waals surface area (Å²) in [4.78, 5) is 0. The van der Waals surface area contributed by atoms with E-state index in [9.17, 15) is 20.4 Å². The maximum absolute atomic E-state index is 10.3. The third kappa shape index (κ3) is 3.44. The Hall–Kier alpha value is -0.160. The fraction of sp³-hybridized carbons (Fsp3) is 1.00. The molecule has 1 aliphatic rings. The van der Waals surface area contributed by atoms with Crippen molar-refractivity contribution in [3.8, 4) is 0 Å². The third-order valence-corrected chi connectivity index (χ3v) is 4.80. The SMILES string of the molecule is CCC(C)(O)C(C)(O)CCC1CCCC(O)C1O. The monoisotopic (exact) mass is 260 g/mol. The highest BCUT2D eigenvalue weighted by atomic mass is 16.4. The van der Waals surface area contributed by atoms with Gasteiger partial charge in [0.15, 0.2) is 0 Å². The van der Waals surface area contributed by atoms with Crippen LogP contribution in [0.2, 0.25) is 0 Å². The molecule has 0 bridgehead atoms. The van der Waals surface area contributed by atoms with Gasteiger partial charge in [-0.25, -0.2) is 0 Å². The first-order valence-corrected chi connectivity index (χ1v) is 7.02. The summed E-state index contributed by atoms with van der Waals surface area (Å²) in [7, 11) is 0. The molecule has 0 aromatic carbocycles. The maximum atomic E-state index is 10.3. The lowest BCUT2D eigenvalue weighted by Crippen LogP contribution is -2.50. The van der Waals surface area contributed by atoms with Gasteiger partial charge in [0.1, 0.15) is 0 Å².